The van der Waals surface area contributed by atoms with Crippen molar-refractivity contribution >= 4 is 22.6 Å². The fourth-order valence-electron chi connectivity index (χ4n) is 3.14. The Morgan fingerprint density at radius 3 is 2.27 bits per heavy atom. The van der Waals surface area contributed by atoms with Crippen LogP contribution in [-0.4, -0.2) is 25.5 Å². The lowest BCUT2D eigenvalue weighted by atomic mass is 9.76. The Morgan fingerprint density at radius 2 is 1.77 bits per heavy atom. The van der Waals surface area contributed by atoms with Crippen LogP contribution in [0.5, 0.6) is 0 Å². The van der Waals surface area contributed by atoms with E-state index in [9.17, 15) is 13.2 Å². The standard InChI is InChI=1S/C15H16F3IO3/c1-2-7-13-8-20-15(21-9-13,22-12(13)14(16,17)18)10-3-5-11(19)6-4-10/h3-6,12H,2,7-9H2,1H3. The summed E-state index contributed by atoms with van der Waals surface area (Å²) in [5.41, 5.74) is -0.704. The summed E-state index contributed by atoms with van der Waals surface area (Å²) in [6.07, 6.45) is -5.36. The summed E-state index contributed by atoms with van der Waals surface area (Å²) < 4.78 is 58.0. The molecular formula is C15H16F3IO3. The van der Waals surface area contributed by atoms with E-state index >= 15 is 0 Å². The third kappa shape index (κ3) is 2.65. The molecule has 0 amide bonds. The van der Waals surface area contributed by atoms with Crippen LogP contribution in [0.4, 0.5) is 13.2 Å². The van der Waals surface area contributed by atoms with Gasteiger partial charge in [0.15, 0.2) is 6.10 Å². The van der Waals surface area contributed by atoms with Crippen molar-refractivity contribution in [1.82, 2.24) is 0 Å². The SMILES string of the molecule is CCCC12COC(c3ccc(I)cc3)(OC1)OC2C(F)(F)F. The van der Waals surface area contributed by atoms with Crippen molar-refractivity contribution in [3.05, 3.63) is 33.4 Å². The van der Waals surface area contributed by atoms with Crippen LogP contribution in [0.3, 0.4) is 0 Å². The van der Waals surface area contributed by atoms with Crippen molar-refractivity contribution in [2.45, 2.75) is 38.0 Å². The maximum absolute atomic E-state index is 13.5. The fraction of sp³-hybridized carbons (Fsp3) is 0.600. The predicted molar refractivity (Wildman–Crippen MR) is 81.0 cm³/mol. The van der Waals surface area contributed by atoms with Gasteiger partial charge in [0.05, 0.1) is 18.6 Å². The molecule has 0 N–H and O–H groups in total. The minimum absolute atomic E-state index is 0.0169. The molecule has 0 spiro atoms. The number of hydrogen-bond acceptors (Lipinski definition) is 3. The molecule has 122 valence electrons. The average Bonchev–Trinajstić information content (AvgIpc) is 2.48. The largest absolute Gasteiger partial charge is 0.415 e. The summed E-state index contributed by atoms with van der Waals surface area (Å²) in [5, 5.41) is 0. The predicted octanol–water partition coefficient (Wildman–Crippen LogP) is 4.20. The van der Waals surface area contributed by atoms with Gasteiger partial charge in [0.2, 0.25) is 0 Å². The molecule has 22 heavy (non-hydrogen) atoms. The smallest absolute Gasteiger partial charge is 0.323 e. The molecule has 4 rings (SSSR count). The van der Waals surface area contributed by atoms with E-state index in [1.54, 1.807) is 24.3 Å². The summed E-state index contributed by atoms with van der Waals surface area (Å²) in [6.45, 7) is 1.81. The zero-order chi connectivity index (χ0) is 16.0. The highest BCUT2D eigenvalue weighted by atomic mass is 127. The third-order valence-corrected chi connectivity index (χ3v) is 4.89. The highest BCUT2D eigenvalue weighted by Crippen LogP contribution is 2.54. The van der Waals surface area contributed by atoms with E-state index in [1.807, 2.05) is 6.92 Å². The minimum Gasteiger partial charge on any atom is -0.323 e. The molecule has 3 saturated heterocycles. The van der Waals surface area contributed by atoms with Crippen LogP contribution in [0, 0.1) is 8.99 Å². The van der Waals surface area contributed by atoms with E-state index in [4.69, 9.17) is 14.2 Å². The van der Waals surface area contributed by atoms with Gasteiger partial charge in [-0.2, -0.15) is 13.2 Å². The van der Waals surface area contributed by atoms with Gasteiger partial charge in [-0.3, -0.25) is 0 Å². The van der Waals surface area contributed by atoms with Crippen LogP contribution >= 0.6 is 22.6 Å². The lowest BCUT2D eigenvalue weighted by molar-refractivity contribution is -0.524. The van der Waals surface area contributed by atoms with Crippen LogP contribution in [0.1, 0.15) is 25.3 Å². The Bertz CT molecular complexity index is 536. The maximum Gasteiger partial charge on any atom is 0.415 e. The van der Waals surface area contributed by atoms with E-state index < -0.39 is 23.7 Å². The van der Waals surface area contributed by atoms with Gasteiger partial charge in [0.1, 0.15) is 0 Å². The Morgan fingerprint density at radius 1 is 1.18 bits per heavy atom. The van der Waals surface area contributed by atoms with Gasteiger partial charge in [-0.05, 0) is 53.3 Å². The molecule has 1 unspecified atom stereocenters. The summed E-state index contributed by atoms with van der Waals surface area (Å²) in [6, 6.07) is 6.92. The summed E-state index contributed by atoms with van der Waals surface area (Å²) in [5.74, 6) is -1.75. The quantitative estimate of drug-likeness (QED) is 0.676. The second-order valence-electron chi connectivity index (χ2n) is 5.79. The van der Waals surface area contributed by atoms with Crippen molar-refractivity contribution in [3.63, 3.8) is 0 Å². The monoisotopic (exact) mass is 428 g/mol. The average molecular weight is 428 g/mol. The molecule has 1 aromatic carbocycles. The number of halogens is 4. The molecule has 3 fully saturated rings. The van der Waals surface area contributed by atoms with Crippen LogP contribution in [0.2, 0.25) is 0 Å². The summed E-state index contributed by atoms with van der Waals surface area (Å²) >= 11 is 2.12. The highest BCUT2D eigenvalue weighted by Gasteiger charge is 2.66. The van der Waals surface area contributed by atoms with Crippen LogP contribution in [0.15, 0.2) is 24.3 Å². The van der Waals surface area contributed by atoms with Gasteiger partial charge in [-0.25, -0.2) is 0 Å². The molecule has 3 aliphatic heterocycles. The van der Waals surface area contributed by atoms with Crippen LogP contribution in [-0.2, 0) is 20.2 Å². The number of hydrogen-bond donors (Lipinski definition) is 0. The fourth-order valence-corrected chi connectivity index (χ4v) is 3.50. The first-order valence-corrected chi connectivity index (χ1v) is 8.18. The summed E-state index contributed by atoms with van der Waals surface area (Å²) in [4.78, 5) is 0. The highest BCUT2D eigenvalue weighted by molar-refractivity contribution is 14.1. The molecule has 0 saturated carbocycles. The Hall–Kier alpha value is -0.380. The maximum atomic E-state index is 13.5. The minimum atomic E-state index is -4.45. The van der Waals surface area contributed by atoms with E-state index in [1.165, 1.54) is 0 Å². The van der Waals surface area contributed by atoms with Gasteiger partial charge >= 0.3 is 12.1 Å². The van der Waals surface area contributed by atoms with Gasteiger partial charge in [0, 0.05) is 9.13 Å². The second kappa shape index (κ2) is 5.61. The number of alkyl halides is 3. The van der Waals surface area contributed by atoms with E-state index in [2.05, 4.69) is 22.6 Å². The molecule has 1 atom stereocenters. The molecule has 0 aliphatic carbocycles. The van der Waals surface area contributed by atoms with Gasteiger partial charge in [-0.15, -0.1) is 0 Å². The molecule has 0 aromatic heterocycles. The first kappa shape index (κ1) is 16.5. The molecule has 7 heteroatoms. The Kier molecular flexibility index (Phi) is 4.20. The lowest BCUT2D eigenvalue weighted by Gasteiger charge is -2.56. The van der Waals surface area contributed by atoms with Crippen molar-refractivity contribution in [2.24, 2.45) is 5.41 Å². The van der Waals surface area contributed by atoms with E-state index in [0.717, 1.165) is 3.57 Å². The lowest BCUT2D eigenvalue weighted by Crippen LogP contribution is -2.66. The number of ether oxygens (including phenoxy) is 3. The second-order valence-corrected chi connectivity index (χ2v) is 7.04. The van der Waals surface area contributed by atoms with Crippen molar-refractivity contribution in [1.29, 1.82) is 0 Å². The zero-order valence-corrected chi connectivity index (χ0v) is 14.1. The molecule has 2 bridgehead atoms. The zero-order valence-electron chi connectivity index (χ0n) is 12.0. The molecule has 3 aliphatic rings. The molecule has 0 radical (unpaired) electrons. The number of benzene rings is 1. The van der Waals surface area contributed by atoms with Crippen molar-refractivity contribution in [2.75, 3.05) is 13.2 Å². The summed E-state index contributed by atoms with van der Waals surface area (Å²) in [7, 11) is 0. The number of fused-ring (bicyclic) bond motifs is 3. The number of rotatable bonds is 3. The van der Waals surface area contributed by atoms with Crippen molar-refractivity contribution < 1.29 is 27.4 Å². The Balaban J connectivity index is 1.96. The van der Waals surface area contributed by atoms with E-state index in [0.29, 0.717) is 18.4 Å². The molecule has 3 nitrogen and oxygen atoms in total. The van der Waals surface area contributed by atoms with Crippen LogP contribution < -0.4 is 0 Å². The molecular weight excluding hydrogens is 412 g/mol. The van der Waals surface area contributed by atoms with Crippen molar-refractivity contribution in [3.8, 4) is 0 Å². The first-order chi connectivity index (χ1) is 10.3. The van der Waals surface area contributed by atoms with E-state index in [-0.39, 0.29) is 13.2 Å². The van der Waals surface area contributed by atoms with Gasteiger partial charge in [0.25, 0.3) is 0 Å². The first-order valence-electron chi connectivity index (χ1n) is 7.10. The third-order valence-electron chi connectivity index (χ3n) is 4.17. The Labute approximate surface area is 140 Å². The molecule has 3 heterocycles. The topological polar surface area (TPSA) is 27.7 Å². The van der Waals surface area contributed by atoms with Gasteiger partial charge < -0.3 is 14.2 Å². The normalized spacial score (nSPS) is 34.9. The molecule has 1 aromatic rings. The van der Waals surface area contributed by atoms with Gasteiger partial charge in [-0.1, -0.05) is 13.3 Å². The van der Waals surface area contributed by atoms with Crippen LogP contribution in [0.25, 0.3) is 0 Å².